The van der Waals surface area contributed by atoms with Crippen LogP contribution in [0.15, 0.2) is 91.0 Å². The highest BCUT2D eigenvalue weighted by atomic mass is 16.6. The number of rotatable bonds is 17. The molecule has 1 fully saturated rings. The van der Waals surface area contributed by atoms with Gasteiger partial charge in [0.2, 0.25) is 5.91 Å². The van der Waals surface area contributed by atoms with E-state index in [1.165, 1.54) is 6.92 Å². The number of hydrogen-bond donors (Lipinski definition) is 3. The van der Waals surface area contributed by atoms with Crippen LogP contribution in [0.4, 0.5) is 0 Å². The maximum absolute atomic E-state index is 11.4. The molecule has 1 aliphatic carbocycles. The highest BCUT2D eigenvalue weighted by molar-refractivity contribution is 5.72. The summed E-state index contributed by atoms with van der Waals surface area (Å²) in [7, 11) is 0. The van der Waals surface area contributed by atoms with Crippen LogP contribution in [0.1, 0.15) is 49.3 Å². The normalized spacial score (nSPS) is 23.6. The molecule has 1 saturated carbocycles. The van der Waals surface area contributed by atoms with Gasteiger partial charge in [-0.2, -0.15) is 0 Å². The highest BCUT2D eigenvalue weighted by Crippen LogP contribution is 2.32. The van der Waals surface area contributed by atoms with E-state index >= 15 is 0 Å². The quantitative estimate of drug-likeness (QED) is 0.198. The minimum absolute atomic E-state index is 0.0233. The lowest BCUT2D eigenvalue weighted by molar-refractivity contribution is -0.272. The van der Waals surface area contributed by atoms with Gasteiger partial charge in [0.15, 0.2) is 0 Å². The molecule has 0 saturated heterocycles. The topological polar surface area (TPSA) is 106 Å². The van der Waals surface area contributed by atoms with Crippen LogP contribution in [0.2, 0.25) is 0 Å². The van der Waals surface area contributed by atoms with E-state index in [-0.39, 0.29) is 25.7 Å². The standard InChI is InChI=1S/C35H45NO7/c1-26(37)36-21-13-2-3-14-22-40-32-30(38)31(39)33(41-23-27-15-7-4-8-16-27)35(43-25-29-19-11-6-12-20-29)34(32)42-24-28-17-9-5-10-18-28/h4-12,15-20,30-35,38-39H,2-3,13-14,21-25H2,1H3,(H,36,37)/t30-,31+,32-,33-,34+,35+/m0/s1. The second-order valence-electron chi connectivity index (χ2n) is 11.0. The summed E-state index contributed by atoms with van der Waals surface area (Å²) in [4.78, 5) is 11.1. The Morgan fingerprint density at radius 3 is 1.42 bits per heavy atom. The molecule has 0 radical (unpaired) electrons. The smallest absolute Gasteiger partial charge is 0.216 e. The Balaban J connectivity index is 1.49. The predicted molar refractivity (Wildman–Crippen MR) is 164 cm³/mol. The van der Waals surface area contributed by atoms with Crippen molar-refractivity contribution in [2.24, 2.45) is 0 Å². The zero-order valence-corrected chi connectivity index (χ0v) is 24.9. The molecule has 8 heteroatoms. The fraction of sp³-hybridized carbons (Fsp3) is 0.457. The summed E-state index contributed by atoms with van der Waals surface area (Å²) in [6, 6.07) is 29.3. The first-order chi connectivity index (χ1) is 21.0. The third-order valence-corrected chi connectivity index (χ3v) is 7.61. The van der Waals surface area contributed by atoms with E-state index < -0.39 is 36.6 Å². The molecule has 6 atom stereocenters. The Morgan fingerprint density at radius 2 is 0.977 bits per heavy atom. The minimum Gasteiger partial charge on any atom is -0.387 e. The van der Waals surface area contributed by atoms with Gasteiger partial charge in [0.1, 0.15) is 36.6 Å². The first kappa shape index (κ1) is 32.8. The molecular weight excluding hydrogens is 546 g/mol. The number of amides is 1. The summed E-state index contributed by atoms with van der Waals surface area (Å²) >= 11 is 0. The van der Waals surface area contributed by atoms with Crippen molar-refractivity contribution in [1.82, 2.24) is 5.32 Å². The van der Waals surface area contributed by atoms with Crippen LogP contribution in [-0.2, 0) is 43.6 Å². The molecule has 4 rings (SSSR count). The average molecular weight is 592 g/mol. The number of unbranched alkanes of at least 4 members (excludes halogenated alkanes) is 3. The molecule has 0 aromatic heterocycles. The molecule has 1 amide bonds. The summed E-state index contributed by atoms with van der Waals surface area (Å²) in [6.45, 7) is 3.38. The molecule has 0 unspecified atom stereocenters. The monoisotopic (exact) mass is 591 g/mol. The summed E-state index contributed by atoms with van der Waals surface area (Å²) in [5, 5.41) is 25.6. The number of benzene rings is 3. The molecule has 43 heavy (non-hydrogen) atoms. The van der Waals surface area contributed by atoms with Crippen LogP contribution >= 0.6 is 0 Å². The average Bonchev–Trinajstić information content (AvgIpc) is 3.03. The van der Waals surface area contributed by atoms with Gasteiger partial charge in [-0.25, -0.2) is 0 Å². The van der Waals surface area contributed by atoms with Crippen LogP contribution < -0.4 is 5.32 Å². The van der Waals surface area contributed by atoms with Crippen molar-refractivity contribution in [2.45, 2.75) is 89.1 Å². The van der Waals surface area contributed by atoms with Gasteiger partial charge in [-0.1, -0.05) is 104 Å². The molecule has 232 valence electrons. The lowest BCUT2D eigenvalue weighted by Crippen LogP contribution is -2.66. The number of carbonyl (C=O) groups is 1. The maximum atomic E-state index is 11.4. The molecule has 3 N–H and O–H groups in total. The van der Waals surface area contributed by atoms with Crippen LogP contribution in [0.5, 0.6) is 0 Å². The largest absolute Gasteiger partial charge is 0.387 e. The molecule has 8 nitrogen and oxygen atoms in total. The predicted octanol–water partition coefficient (Wildman–Crippen LogP) is 4.56. The third kappa shape index (κ3) is 10.5. The van der Waals surface area contributed by atoms with Crippen LogP contribution in [0, 0.1) is 0 Å². The van der Waals surface area contributed by atoms with Gasteiger partial charge >= 0.3 is 0 Å². The van der Waals surface area contributed by atoms with E-state index in [0.29, 0.717) is 13.2 Å². The third-order valence-electron chi connectivity index (χ3n) is 7.61. The summed E-state index contributed by atoms with van der Waals surface area (Å²) in [5.74, 6) is -0.0233. The highest BCUT2D eigenvalue weighted by Gasteiger charge is 2.52. The van der Waals surface area contributed by atoms with Crippen LogP contribution in [0.3, 0.4) is 0 Å². The summed E-state index contributed by atoms with van der Waals surface area (Å²) < 4.78 is 25.5. The summed E-state index contributed by atoms with van der Waals surface area (Å²) in [5.41, 5.74) is 2.90. The molecule has 0 spiro atoms. The van der Waals surface area contributed by atoms with Crippen molar-refractivity contribution in [1.29, 1.82) is 0 Å². The number of carbonyl (C=O) groups excluding carboxylic acids is 1. The van der Waals surface area contributed by atoms with Gasteiger partial charge in [-0.15, -0.1) is 0 Å². The van der Waals surface area contributed by atoms with Gasteiger partial charge in [0, 0.05) is 20.1 Å². The van der Waals surface area contributed by atoms with Gasteiger partial charge in [0.25, 0.3) is 0 Å². The first-order valence-corrected chi connectivity index (χ1v) is 15.2. The lowest BCUT2D eigenvalue weighted by Gasteiger charge is -2.47. The molecule has 0 heterocycles. The zero-order valence-electron chi connectivity index (χ0n) is 24.9. The van der Waals surface area contributed by atoms with Gasteiger partial charge < -0.3 is 34.5 Å². The number of ether oxygens (including phenoxy) is 4. The summed E-state index contributed by atoms with van der Waals surface area (Å²) in [6.07, 6.45) is -2.05. The van der Waals surface area contributed by atoms with E-state index in [1.54, 1.807) is 0 Å². The first-order valence-electron chi connectivity index (χ1n) is 15.2. The molecule has 3 aromatic rings. The molecule has 0 aliphatic heterocycles. The molecule has 1 aliphatic rings. The van der Waals surface area contributed by atoms with Crippen LogP contribution in [-0.4, -0.2) is 65.9 Å². The van der Waals surface area contributed by atoms with Crippen molar-refractivity contribution in [3.63, 3.8) is 0 Å². The molecule has 0 bridgehead atoms. The second-order valence-corrected chi connectivity index (χ2v) is 11.0. The zero-order chi connectivity index (χ0) is 30.3. The van der Waals surface area contributed by atoms with Gasteiger partial charge in [0.05, 0.1) is 19.8 Å². The second kappa shape index (κ2) is 17.9. The minimum atomic E-state index is -1.25. The van der Waals surface area contributed by atoms with Crippen molar-refractivity contribution >= 4 is 5.91 Å². The number of nitrogens with one attached hydrogen (secondary N) is 1. The van der Waals surface area contributed by atoms with Crippen molar-refractivity contribution < 1.29 is 34.0 Å². The van der Waals surface area contributed by atoms with Crippen molar-refractivity contribution in [2.75, 3.05) is 13.2 Å². The number of aliphatic hydroxyl groups is 2. The molecule has 3 aromatic carbocycles. The Labute approximate surface area is 254 Å². The Hall–Kier alpha value is -3.11. The van der Waals surface area contributed by atoms with E-state index in [9.17, 15) is 15.0 Å². The van der Waals surface area contributed by atoms with Crippen LogP contribution in [0.25, 0.3) is 0 Å². The van der Waals surface area contributed by atoms with Gasteiger partial charge in [-0.3, -0.25) is 4.79 Å². The van der Waals surface area contributed by atoms with Crippen molar-refractivity contribution in [3.05, 3.63) is 108 Å². The fourth-order valence-electron chi connectivity index (χ4n) is 5.28. The van der Waals surface area contributed by atoms with E-state index in [1.807, 2.05) is 91.0 Å². The maximum Gasteiger partial charge on any atom is 0.216 e. The SMILES string of the molecule is CC(=O)NCCCCCCO[C@H]1[C@@H](O)[C@@H](O)[C@H](OCc2ccccc2)[C@@H](OCc2ccccc2)[C@@H]1OCc1ccccc1. The Bertz CT molecular complexity index is 1180. The lowest BCUT2D eigenvalue weighted by atomic mass is 9.84. The Kier molecular flexibility index (Phi) is 13.6. The van der Waals surface area contributed by atoms with E-state index in [4.69, 9.17) is 18.9 Å². The Morgan fingerprint density at radius 1 is 0.581 bits per heavy atom. The van der Waals surface area contributed by atoms with E-state index in [0.717, 1.165) is 42.4 Å². The van der Waals surface area contributed by atoms with Gasteiger partial charge in [-0.05, 0) is 29.5 Å². The van der Waals surface area contributed by atoms with Crippen molar-refractivity contribution in [3.8, 4) is 0 Å². The number of aliphatic hydroxyl groups excluding tert-OH is 2. The fourth-order valence-corrected chi connectivity index (χ4v) is 5.28. The number of hydrogen-bond acceptors (Lipinski definition) is 7. The van der Waals surface area contributed by atoms with E-state index in [2.05, 4.69) is 5.32 Å². The molecular formula is C35H45NO7.